The maximum Gasteiger partial charge on any atom is 0.308 e. The average molecular weight is 540 g/mol. The highest BCUT2D eigenvalue weighted by Crippen LogP contribution is 2.44. The topological polar surface area (TPSA) is 62.2 Å². The van der Waals surface area contributed by atoms with Gasteiger partial charge in [-0.05, 0) is 92.2 Å². The predicted molar refractivity (Wildman–Crippen MR) is 146 cm³/mol. The molecule has 0 spiro atoms. The van der Waals surface area contributed by atoms with Gasteiger partial charge in [0.2, 0.25) is 0 Å². The first-order chi connectivity index (χ1) is 17.9. The Balaban J connectivity index is 1.40. The molecule has 0 N–H and O–H groups in total. The number of hydrogen-bond donors (Lipinski definition) is 0. The molecular weight excluding hydrogens is 509 g/mol. The van der Waals surface area contributed by atoms with Crippen LogP contribution in [0.2, 0.25) is 10.0 Å². The Bertz CT molecular complexity index is 1200. The fraction of sp³-hybridized carbons (Fsp3) is 0.414. The molecular formula is C29H31Cl2N3O3. The number of carbonyl (C=O) groups excluding carboxylic acids is 2. The van der Waals surface area contributed by atoms with Gasteiger partial charge in [0.1, 0.15) is 0 Å². The molecule has 1 amide bonds. The van der Waals surface area contributed by atoms with Crippen LogP contribution in [0.5, 0.6) is 0 Å². The second-order valence-electron chi connectivity index (χ2n) is 10.0. The predicted octanol–water partition coefficient (Wildman–Crippen LogP) is 6.00. The number of ether oxygens (including phenoxy) is 1. The van der Waals surface area contributed by atoms with Crippen LogP contribution in [0.15, 0.2) is 59.2 Å². The number of fused-ring (bicyclic) bond motifs is 1. The van der Waals surface area contributed by atoms with E-state index in [2.05, 4.69) is 11.0 Å². The number of hydrogen-bond acceptors (Lipinski definition) is 5. The third-order valence-electron chi connectivity index (χ3n) is 7.66. The van der Waals surface area contributed by atoms with Gasteiger partial charge in [0, 0.05) is 16.0 Å². The van der Waals surface area contributed by atoms with Crippen LogP contribution in [0.25, 0.3) is 6.08 Å². The Kier molecular flexibility index (Phi) is 7.98. The Morgan fingerprint density at radius 2 is 1.65 bits per heavy atom. The third kappa shape index (κ3) is 5.77. The summed E-state index contributed by atoms with van der Waals surface area (Å²) in [4.78, 5) is 27.7. The van der Waals surface area contributed by atoms with Crippen molar-refractivity contribution in [2.24, 2.45) is 16.9 Å². The van der Waals surface area contributed by atoms with E-state index in [1.807, 2.05) is 48.5 Å². The zero-order chi connectivity index (χ0) is 25.9. The maximum atomic E-state index is 13.7. The van der Waals surface area contributed by atoms with Gasteiger partial charge >= 0.3 is 5.97 Å². The number of allylic oxidation sites excluding steroid dienone is 1. The van der Waals surface area contributed by atoms with E-state index in [0.29, 0.717) is 36.0 Å². The number of piperidine rings is 1. The van der Waals surface area contributed by atoms with Gasteiger partial charge in [-0.3, -0.25) is 14.5 Å². The van der Waals surface area contributed by atoms with Crippen molar-refractivity contribution < 1.29 is 14.3 Å². The van der Waals surface area contributed by atoms with Crippen molar-refractivity contribution in [3.8, 4) is 0 Å². The molecule has 2 fully saturated rings. The van der Waals surface area contributed by atoms with Crippen LogP contribution in [0.3, 0.4) is 0 Å². The summed E-state index contributed by atoms with van der Waals surface area (Å²) in [6.45, 7) is 1.65. The highest BCUT2D eigenvalue weighted by atomic mass is 35.5. The first-order valence-corrected chi connectivity index (χ1v) is 13.6. The van der Waals surface area contributed by atoms with Crippen LogP contribution in [0.4, 0.5) is 0 Å². The molecule has 2 atom stereocenters. The van der Waals surface area contributed by atoms with Gasteiger partial charge in [0.15, 0.2) is 0 Å². The second kappa shape index (κ2) is 11.4. The molecule has 2 heterocycles. The lowest BCUT2D eigenvalue weighted by Crippen LogP contribution is -2.43. The molecule has 0 aromatic heterocycles. The summed E-state index contributed by atoms with van der Waals surface area (Å²) in [5, 5.41) is 8.06. The smallest absolute Gasteiger partial charge is 0.308 e. The molecule has 1 aliphatic carbocycles. The van der Waals surface area contributed by atoms with Gasteiger partial charge in [0.25, 0.3) is 5.91 Å². The van der Waals surface area contributed by atoms with Crippen molar-refractivity contribution >= 4 is 46.9 Å². The number of hydrazone groups is 1. The van der Waals surface area contributed by atoms with Crippen molar-refractivity contribution in [2.45, 2.75) is 38.1 Å². The maximum absolute atomic E-state index is 13.7. The molecule has 2 aliphatic heterocycles. The van der Waals surface area contributed by atoms with Crippen LogP contribution >= 0.6 is 23.2 Å². The number of benzene rings is 2. The lowest BCUT2D eigenvalue weighted by molar-refractivity contribution is -0.147. The summed E-state index contributed by atoms with van der Waals surface area (Å²) in [6, 6.07) is 15.4. The molecule has 37 heavy (non-hydrogen) atoms. The standard InChI is InChI=1S/C29H31Cl2N3O3/c1-37-29(36)21-13-15-33(16-14-21)18-26(35)34-28(20-7-11-24(31)12-8-20)25-4-2-3-22(27(25)32-34)17-19-5-9-23(30)10-6-19/h5-12,17,21,25,28H,2-4,13-16,18H2,1H3/b22-17+/t25-,28-/m1/s1. The van der Waals surface area contributed by atoms with Crippen molar-refractivity contribution in [1.82, 2.24) is 9.91 Å². The molecule has 6 nitrogen and oxygen atoms in total. The van der Waals surface area contributed by atoms with Gasteiger partial charge in [-0.25, -0.2) is 5.01 Å². The second-order valence-corrected chi connectivity index (χ2v) is 10.9. The summed E-state index contributed by atoms with van der Waals surface area (Å²) in [6.07, 6.45) is 6.51. The lowest BCUT2D eigenvalue weighted by atomic mass is 9.77. The van der Waals surface area contributed by atoms with E-state index < -0.39 is 0 Å². The molecule has 1 saturated heterocycles. The Morgan fingerprint density at radius 1 is 1.00 bits per heavy atom. The van der Waals surface area contributed by atoms with Crippen molar-refractivity contribution in [3.63, 3.8) is 0 Å². The minimum Gasteiger partial charge on any atom is -0.469 e. The third-order valence-corrected chi connectivity index (χ3v) is 8.16. The molecule has 2 aromatic rings. The van der Waals surface area contributed by atoms with E-state index in [0.717, 1.165) is 36.1 Å². The van der Waals surface area contributed by atoms with E-state index in [9.17, 15) is 9.59 Å². The van der Waals surface area contributed by atoms with E-state index in [1.54, 1.807) is 5.01 Å². The van der Waals surface area contributed by atoms with E-state index in [1.165, 1.54) is 12.7 Å². The normalized spacial score (nSPS) is 23.6. The lowest BCUT2D eigenvalue weighted by Gasteiger charge is -2.33. The van der Waals surface area contributed by atoms with Gasteiger partial charge in [-0.1, -0.05) is 47.5 Å². The number of likely N-dealkylation sites (tertiary alicyclic amines) is 1. The van der Waals surface area contributed by atoms with Gasteiger partial charge in [-0.15, -0.1) is 0 Å². The molecule has 194 valence electrons. The molecule has 0 bridgehead atoms. The van der Waals surface area contributed by atoms with Crippen molar-refractivity contribution in [2.75, 3.05) is 26.7 Å². The van der Waals surface area contributed by atoms with Gasteiger partial charge < -0.3 is 4.74 Å². The van der Waals surface area contributed by atoms with Gasteiger partial charge in [-0.2, -0.15) is 5.10 Å². The summed E-state index contributed by atoms with van der Waals surface area (Å²) in [7, 11) is 1.43. The molecule has 1 saturated carbocycles. The zero-order valence-electron chi connectivity index (χ0n) is 20.9. The summed E-state index contributed by atoms with van der Waals surface area (Å²) >= 11 is 12.3. The molecule has 0 radical (unpaired) electrons. The Hall–Kier alpha value is -2.67. The van der Waals surface area contributed by atoms with E-state index >= 15 is 0 Å². The Morgan fingerprint density at radius 3 is 2.30 bits per heavy atom. The number of carbonyl (C=O) groups is 2. The first-order valence-electron chi connectivity index (χ1n) is 12.9. The number of methoxy groups -OCH3 is 1. The fourth-order valence-electron chi connectivity index (χ4n) is 5.72. The molecule has 3 aliphatic rings. The minimum atomic E-state index is -0.165. The molecule has 2 aromatic carbocycles. The highest BCUT2D eigenvalue weighted by Gasteiger charge is 2.44. The van der Waals surface area contributed by atoms with Crippen LogP contribution in [-0.2, 0) is 14.3 Å². The highest BCUT2D eigenvalue weighted by molar-refractivity contribution is 6.30. The van der Waals surface area contributed by atoms with Crippen LogP contribution in [-0.4, -0.2) is 54.2 Å². The largest absolute Gasteiger partial charge is 0.469 e. The van der Waals surface area contributed by atoms with E-state index in [-0.39, 0.29) is 36.3 Å². The first kappa shape index (κ1) is 26.0. The van der Waals surface area contributed by atoms with Crippen LogP contribution < -0.4 is 0 Å². The summed E-state index contributed by atoms with van der Waals surface area (Å²) in [5.74, 6) is -0.149. The number of rotatable bonds is 5. The fourth-order valence-corrected chi connectivity index (χ4v) is 5.97. The van der Waals surface area contributed by atoms with Crippen LogP contribution in [0.1, 0.15) is 49.3 Å². The zero-order valence-corrected chi connectivity index (χ0v) is 22.4. The number of nitrogens with zero attached hydrogens (tertiary/aromatic N) is 3. The van der Waals surface area contributed by atoms with Gasteiger partial charge in [0.05, 0.1) is 31.3 Å². The number of amides is 1. The van der Waals surface area contributed by atoms with Crippen LogP contribution in [0, 0.1) is 11.8 Å². The Labute approximate surface area is 227 Å². The average Bonchev–Trinajstić information content (AvgIpc) is 3.31. The van der Waals surface area contributed by atoms with E-state index in [4.69, 9.17) is 33.0 Å². The SMILES string of the molecule is COC(=O)C1CCN(CC(=O)N2N=C3/C(=C/c4ccc(Cl)cc4)CCC[C@H]3[C@H]2c2ccc(Cl)cc2)CC1. The van der Waals surface area contributed by atoms with Crippen molar-refractivity contribution in [3.05, 3.63) is 75.3 Å². The monoisotopic (exact) mass is 539 g/mol. The summed E-state index contributed by atoms with van der Waals surface area (Å²) < 4.78 is 4.90. The number of halogens is 2. The quantitative estimate of drug-likeness (QED) is 0.437. The number of esters is 1. The summed E-state index contributed by atoms with van der Waals surface area (Å²) in [5.41, 5.74) is 4.29. The molecule has 0 unspecified atom stereocenters. The molecule has 5 rings (SSSR count). The van der Waals surface area contributed by atoms with Crippen molar-refractivity contribution in [1.29, 1.82) is 0 Å². The molecule has 8 heteroatoms. The minimum absolute atomic E-state index is 0.0239.